The van der Waals surface area contributed by atoms with Crippen LogP contribution in [0.15, 0.2) is 30.3 Å². The Bertz CT molecular complexity index is 534. The van der Waals surface area contributed by atoms with Gasteiger partial charge in [-0.25, -0.2) is 4.79 Å². The van der Waals surface area contributed by atoms with E-state index < -0.39 is 5.97 Å². The quantitative estimate of drug-likeness (QED) is 0.753. The van der Waals surface area contributed by atoms with Gasteiger partial charge in [0.25, 0.3) is 0 Å². The minimum atomic E-state index is -0.969. The standard InChI is InChI=1S/C13H15N3O2/c1-9-11(13(17)18)12(16-15-9)14-8-7-10-5-3-2-4-6-10/h2-6H,7-8H2,1H3,(H,17,18)(H2,14,15,16). The van der Waals surface area contributed by atoms with Crippen LogP contribution >= 0.6 is 0 Å². The van der Waals surface area contributed by atoms with Gasteiger partial charge in [-0.1, -0.05) is 30.3 Å². The third-order valence-corrected chi connectivity index (χ3v) is 2.71. The fourth-order valence-corrected chi connectivity index (χ4v) is 1.79. The first-order chi connectivity index (χ1) is 8.68. The van der Waals surface area contributed by atoms with E-state index in [0.717, 1.165) is 6.42 Å². The second-order valence-corrected chi connectivity index (χ2v) is 4.04. The summed E-state index contributed by atoms with van der Waals surface area (Å²) in [6, 6.07) is 10.0. The molecular weight excluding hydrogens is 230 g/mol. The number of benzene rings is 1. The van der Waals surface area contributed by atoms with Crippen LogP contribution in [0.25, 0.3) is 0 Å². The fraction of sp³-hybridized carbons (Fsp3) is 0.231. The summed E-state index contributed by atoms with van der Waals surface area (Å²) in [6.45, 7) is 2.34. The van der Waals surface area contributed by atoms with Gasteiger partial charge in [0.05, 0.1) is 0 Å². The second kappa shape index (κ2) is 5.35. The second-order valence-electron chi connectivity index (χ2n) is 4.04. The lowest BCUT2D eigenvalue weighted by molar-refractivity contribution is 0.0697. The maximum absolute atomic E-state index is 11.0. The van der Waals surface area contributed by atoms with Gasteiger partial charge in [0.2, 0.25) is 0 Å². The highest BCUT2D eigenvalue weighted by atomic mass is 16.4. The number of aromatic carboxylic acids is 1. The summed E-state index contributed by atoms with van der Waals surface area (Å²) < 4.78 is 0. The normalized spacial score (nSPS) is 10.3. The van der Waals surface area contributed by atoms with Crippen molar-refractivity contribution >= 4 is 11.8 Å². The highest BCUT2D eigenvalue weighted by Crippen LogP contribution is 2.15. The SMILES string of the molecule is Cc1[nH]nc(NCCc2ccccc2)c1C(=O)O. The Balaban J connectivity index is 1.97. The number of rotatable bonds is 5. The number of nitrogens with zero attached hydrogens (tertiary/aromatic N) is 1. The van der Waals surface area contributed by atoms with E-state index in [1.54, 1.807) is 6.92 Å². The number of carbonyl (C=O) groups is 1. The minimum absolute atomic E-state index is 0.211. The molecule has 0 atom stereocenters. The van der Waals surface area contributed by atoms with Gasteiger partial charge in [-0.3, -0.25) is 5.10 Å². The van der Waals surface area contributed by atoms with Crippen molar-refractivity contribution in [1.29, 1.82) is 0 Å². The van der Waals surface area contributed by atoms with E-state index in [0.29, 0.717) is 18.1 Å². The number of nitrogens with one attached hydrogen (secondary N) is 2. The van der Waals surface area contributed by atoms with Gasteiger partial charge in [0.1, 0.15) is 5.56 Å². The number of aromatic amines is 1. The molecule has 1 heterocycles. The van der Waals surface area contributed by atoms with Crippen LogP contribution in [-0.4, -0.2) is 27.8 Å². The predicted octanol–water partition coefficient (Wildman–Crippen LogP) is 2.07. The van der Waals surface area contributed by atoms with Crippen LogP contribution in [0.4, 0.5) is 5.82 Å². The van der Waals surface area contributed by atoms with E-state index in [1.165, 1.54) is 5.56 Å². The molecule has 0 aliphatic carbocycles. The summed E-state index contributed by atoms with van der Waals surface area (Å²) in [6.07, 6.45) is 0.825. The predicted molar refractivity (Wildman–Crippen MR) is 68.9 cm³/mol. The Morgan fingerprint density at radius 2 is 2.11 bits per heavy atom. The van der Waals surface area contributed by atoms with Gasteiger partial charge >= 0.3 is 5.97 Å². The molecule has 5 nitrogen and oxygen atoms in total. The topological polar surface area (TPSA) is 78.0 Å². The molecule has 0 bridgehead atoms. The molecule has 2 aromatic rings. The molecule has 0 aliphatic heterocycles. The number of aromatic nitrogens is 2. The van der Waals surface area contributed by atoms with Crippen LogP contribution in [-0.2, 0) is 6.42 Å². The summed E-state index contributed by atoms with van der Waals surface area (Å²) >= 11 is 0. The lowest BCUT2D eigenvalue weighted by atomic mass is 10.1. The van der Waals surface area contributed by atoms with Crippen LogP contribution in [0, 0.1) is 6.92 Å². The number of aryl methyl sites for hydroxylation is 1. The van der Waals surface area contributed by atoms with Gasteiger partial charge in [-0.05, 0) is 18.9 Å². The summed E-state index contributed by atoms with van der Waals surface area (Å²) in [7, 11) is 0. The number of carboxylic acids is 1. The zero-order chi connectivity index (χ0) is 13.0. The van der Waals surface area contributed by atoms with E-state index in [1.807, 2.05) is 30.3 Å². The third kappa shape index (κ3) is 2.68. The molecule has 0 amide bonds. The molecule has 0 spiro atoms. The summed E-state index contributed by atoms with van der Waals surface area (Å²) in [4.78, 5) is 11.0. The number of hydrogen-bond donors (Lipinski definition) is 3. The highest BCUT2D eigenvalue weighted by molar-refractivity contribution is 5.94. The van der Waals surface area contributed by atoms with Crippen molar-refractivity contribution in [3.8, 4) is 0 Å². The van der Waals surface area contributed by atoms with Crippen LogP contribution in [0.2, 0.25) is 0 Å². The van der Waals surface area contributed by atoms with E-state index >= 15 is 0 Å². The Morgan fingerprint density at radius 1 is 1.39 bits per heavy atom. The van der Waals surface area contributed by atoms with Crippen LogP contribution in [0.3, 0.4) is 0 Å². The maximum Gasteiger partial charge on any atom is 0.341 e. The molecule has 0 unspecified atom stereocenters. The Morgan fingerprint density at radius 3 is 2.78 bits per heavy atom. The number of anilines is 1. The molecule has 18 heavy (non-hydrogen) atoms. The zero-order valence-electron chi connectivity index (χ0n) is 10.1. The van der Waals surface area contributed by atoms with Gasteiger partial charge < -0.3 is 10.4 Å². The third-order valence-electron chi connectivity index (χ3n) is 2.71. The maximum atomic E-state index is 11.0. The minimum Gasteiger partial charge on any atom is -0.477 e. The van der Waals surface area contributed by atoms with Crippen molar-refractivity contribution in [2.75, 3.05) is 11.9 Å². The van der Waals surface area contributed by atoms with Crippen LogP contribution in [0.5, 0.6) is 0 Å². The van der Waals surface area contributed by atoms with Crippen molar-refractivity contribution in [1.82, 2.24) is 10.2 Å². The molecule has 94 valence electrons. The zero-order valence-corrected chi connectivity index (χ0v) is 10.1. The van der Waals surface area contributed by atoms with Crippen LogP contribution in [0.1, 0.15) is 21.6 Å². The fourth-order valence-electron chi connectivity index (χ4n) is 1.79. The number of hydrogen-bond acceptors (Lipinski definition) is 3. The van der Waals surface area contributed by atoms with Crippen molar-refractivity contribution in [3.63, 3.8) is 0 Å². The Labute approximate surface area is 105 Å². The molecule has 1 aromatic heterocycles. The molecule has 1 aromatic carbocycles. The van der Waals surface area contributed by atoms with E-state index in [-0.39, 0.29) is 5.56 Å². The monoisotopic (exact) mass is 245 g/mol. The van der Waals surface area contributed by atoms with Gasteiger partial charge in [0.15, 0.2) is 5.82 Å². The number of carboxylic acid groups (broad SMARTS) is 1. The lowest BCUT2D eigenvalue weighted by Crippen LogP contribution is -2.09. The average Bonchev–Trinajstić information content (AvgIpc) is 2.72. The summed E-state index contributed by atoms with van der Waals surface area (Å²) in [5.41, 5.74) is 1.97. The molecule has 0 saturated heterocycles. The van der Waals surface area contributed by atoms with Gasteiger partial charge in [-0.15, -0.1) is 0 Å². The van der Waals surface area contributed by atoms with Gasteiger partial charge in [-0.2, -0.15) is 5.10 Å². The first-order valence-electron chi connectivity index (χ1n) is 5.74. The molecule has 0 saturated carbocycles. The molecule has 0 aliphatic rings. The van der Waals surface area contributed by atoms with Crippen molar-refractivity contribution in [3.05, 3.63) is 47.2 Å². The van der Waals surface area contributed by atoms with E-state index in [2.05, 4.69) is 15.5 Å². The van der Waals surface area contributed by atoms with Crippen molar-refractivity contribution in [2.24, 2.45) is 0 Å². The molecule has 3 N–H and O–H groups in total. The van der Waals surface area contributed by atoms with E-state index in [9.17, 15) is 4.79 Å². The molecule has 0 fully saturated rings. The smallest absolute Gasteiger partial charge is 0.341 e. The first kappa shape index (κ1) is 12.2. The number of H-pyrrole nitrogens is 1. The first-order valence-corrected chi connectivity index (χ1v) is 5.74. The molecule has 2 rings (SSSR count). The van der Waals surface area contributed by atoms with Crippen LogP contribution < -0.4 is 5.32 Å². The van der Waals surface area contributed by atoms with Crippen molar-refractivity contribution in [2.45, 2.75) is 13.3 Å². The highest BCUT2D eigenvalue weighted by Gasteiger charge is 2.16. The largest absolute Gasteiger partial charge is 0.477 e. The van der Waals surface area contributed by atoms with Crippen molar-refractivity contribution < 1.29 is 9.90 Å². The Hall–Kier alpha value is -2.30. The summed E-state index contributed by atoms with van der Waals surface area (Å²) in [5.74, 6) is -0.570. The molecule has 5 heteroatoms. The lowest BCUT2D eigenvalue weighted by Gasteiger charge is -2.04. The molecule has 0 radical (unpaired) electrons. The van der Waals surface area contributed by atoms with E-state index in [4.69, 9.17) is 5.11 Å². The average molecular weight is 245 g/mol. The summed E-state index contributed by atoms with van der Waals surface area (Å²) in [5, 5.41) is 18.7. The molecular formula is C13H15N3O2. The van der Waals surface area contributed by atoms with Gasteiger partial charge in [0, 0.05) is 12.2 Å². The Kier molecular flexibility index (Phi) is 3.62.